The van der Waals surface area contributed by atoms with Crippen LogP contribution in [-0.4, -0.2) is 18.8 Å². The number of hydrogen-bond acceptors (Lipinski definition) is 4. The molecule has 2 N–H and O–H groups in total. The number of unbranched alkanes of at least 4 members (excludes halogenated alkanes) is 6. The van der Waals surface area contributed by atoms with Crippen molar-refractivity contribution in [1.29, 1.82) is 0 Å². The molecule has 0 saturated heterocycles. The summed E-state index contributed by atoms with van der Waals surface area (Å²) in [6.45, 7) is 8.87. The fraction of sp³-hybridized carbons (Fsp3) is 0.600. The molecule has 1 atom stereocenters. The van der Waals surface area contributed by atoms with Crippen LogP contribution >= 0.6 is 0 Å². The Kier molecular flexibility index (Phi) is 10.1. The second-order valence-electron chi connectivity index (χ2n) is 8.36. The summed E-state index contributed by atoms with van der Waals surface area (Å²) in [6.07, 6.45) is 17.0. The Morgan fingerprint density at radius 3 is 2.10 bits per heavy atom. The maximum absolute atomic E-state index is 6.34. The average Bonchev–Trinajstić information content (AvgIpc) is 2.71. The number of allylic oxidation sites excluding steroid dienone is 2. The largest absolute Gasteiger partial charge is 0.372 e. The topological polar surface area (TPSA) is 54.0 Å². The number of hydrogen-bond donors (Lipinski definition) is 1. The Labute approximate surface area is 178 Å². The van der Waals surface area contributed by atoms with Crippen LogP contribution in [0.4, 0.5) is 11.4 Å². The first-order valence-corrected chi connectivity index (χ1v) is 11.5. The molecule has 160 valence electrons. The minimum absolute atomic E-state index is 0.717. The van der Waals surface area contributed by atoms with Gasteiger partial charge in [0.1, 0.15) is 0 Å². The first-order valence-electron chi connectivity index (χ1n) is 11.5. The van der Waals surface area contributed by atoms with Crippen LogP contribution in [-0.2, 0) is 0 Å². The summed E-state index contributed by atoms with van der Waals surface area (Å²) in [6, 6.07) is 8.48. The predicted octanol–water partition coefficient (Wildman–Crippen LogP) is 7.30. The molecular formula is C25H40N4. The normalized spacial score (nSPS) is 19.0. The fourth-order valence-electron chi connectivity index (χ4n) is 3.72. The molecule has 4 nitrogen and oxygen atoms in total. The Balaban J connectivity index is 1.97. The van der Waals surface area contributed by atoms with Crippen molar-refractivity contribution in [3.8, 4) is 0 Å². The SMILES string of the molecule is CCCCCCN(CCCCCC)c1ccc(N=NC2(N)C=CC=C(C)C2)cc1. The second-order valence-corrected chi connectivity index (χ2v) is 8.36. The minimum atomic E-state index is -0.720. The van der Waals surface area contributed by atoms with Crippen molar-refractivity contribution in [1.82, 2.24) is 0 Å². The van der Waals surface area contributed by atoms with Gasteiger partial charge in [-0.05, 0) is 50.1 Å². The standard InChI is InChI=1S/C25H40N4/c1-4-6-8-10-19-29(20-11-9-7-5-2)24-16-14-23(15-17-24)27-28-25(26)18-12-13-22(3)21-25/h12-18H,4-11,19-21,26H2,1-3H3. The van der Waals surface area contributed by atoms with Crippen molar-refractivity contribution in [3.63, 3.8) is 0 Å². The molecule has 4 heteroatoms. The Morgan fingerprint density at radius 1 is 0.931 bits per heavy atom. The fourth-order valence-corrected chi connectivity index (χ4v) is 3.72. The summed E-state index contributed by atoms with van der Waals surface area (Å²) in [4.78, 5) is 2.54. The molecule has 0 bridgehead atoms. The van der Waals surface area contributed by atoms with Gasteiger partial charge in [0.05, 0.1) is 5.69 Å². The van der Waals surface area contributed by atoms with Gasteiger partial charge in [0.2, 0.25) is 0 Å². The monoisotopic (exact) mass is 396 g/mol. The Morgan fingerprint density at radius 2 is 1.55 bits per heavy atom. The van der Waals surface area contributed by atoms with Gasteiger partial charge in [0, 0.05) is 25.2 Å². The lowest BCUT2D eigenvalue weighted by Gasteiger charge is -2.25. The third-order valence-electron chi connectivity index (χ3n) is 5.46. The van der Waals surface area contributed by atoms with Crippen molar-refractivity contribution in [2.75, 3.05) is 18.0 Å². The van der Waals surface area contributed by atoms with Crippen molar-refractivity contribution in [2.24, 2.45) is 16.0 Å². The van der Waals surface area contributed by atoms with Crippen molar-refractivity contribution < 1.29 is 0 Å². The van der Waals surface area contributed by atoms with E-state index >= 15 is 0 Å². The molecule has 0 saturated carbocycles. The van der Waals surface area contributed by atoms with Gasteiger partial charge < -0.3 is 10.6 Å². The highest BCUT2D eigenvalue weighted by atomic mass is 15.2. The van der Waals surface area contributed by atoms with E-state index in [1.807, 2.05) is 12.2 Å². The van der Waals surface area contributed by atoms with Gasteiger partial charge in [-0.3, -0.25) is 0 Å². The highest BCUT2D eigenvalue weighted by Crippen LogP contribution is 2.26. The van der Waals surface area contributed by atoms with Crippen LogP contribution in [0.15, 0.2) is 58.3 Å². The van der Waals surface area contributed by atoms with E-state index in [9.17, 15) is 0 Å². The Hall–Kier alpha value is -1.94. The lowest BCUT2D eigenvalue weighted by Crippen LogP contribution is -2.36. The van der Waals surface area contributed by atoms with E-state index in [2.05, 4.69) is 66.2 Å². The molecule has 2 rings (SSSR count). The van der Waals surface area contributed by atoms with E-state index in [0.29, 0.717) is 6.42 Å². The third-order valence-corrected chi connectivity index (χ3v) is 5.46. The quantitative estimate of drug-likeness (QED) is 0.281. The van der Waals surface area contributed by atoms with Crippen molar-refractivity contribution >= 4 is 11.4 Å². The van der Waals surface area contributed by atoms with Crippen LogP contribution < -0.4 is 10.6 Å². The molecule has 0 radical (unpaired) electrons. The van der Waals surface area contributed by atoms with E-state index in [1.165, 1.54) is 62.6 Å². The molecule has 1 aromatic rings. The molecule has 0 aromatic heterocycles. The maximum Gasteiger partial charge on any atom is 0.152 e. The van der Waals surface area contributed by atoms with Crippen LogP contribution in [0.1, 0.15) is 78.6 Å². The lowest BCUT2D eigenvalue weighted by atomic mass is 9.97. The first kappa shape index (κ1) is 23.3. The zero-order valence-electron chi connectivity index (χ0n) is 18.7. The Bertz CT molecular complexity index is 663. The summed E-state index contributed by atoms with van der Waals surface area (Å²) in [7, 11) is 0. The zero-order valence-corrected chi connectivity index (χ0v) is 18.7. The molecule has 1 aliphatic rings. The summed E-state index contributed by atoms with van der Waals surface area (Å²) in [5, 5.41) is 8.82. The highest BCUT2D eigenvalue weighted by molar-refractivity contribution is 5.52. The maximum atomic E-state index is 6.34. The number of nitrogens with zero attached hydrogens (tertiary/aromatic N) is 3. The smallest absolute Gasteiger partial charge is 0.152 e. The average molecular weight is 397 g/mol. The zero-order chi connectivity index (χ0) is 21.0. The van der Waals surface area contributed by atoms with Crippen LogP contribution in [0.5, 0.6) is 0 Å². The highest BCUT2D eigenvalue weighted by Gasteiger charge is 2.23. The molecule has 0 aliphatic heterocycles. The molecule has 1 unspecified atom stereocenters. The lowest BCUT2D eigenvalue weighted by molar-refractivity contribution is 0.519. The molecule has 29 heavy (non-hydrogen) atoms. The van der Waals surface area contributed by atoms with Gasteiger partial charge in [-0.1, -0.05) is 70.1 Å². The van der Waals surface area contributed by atoms with Crippen LogP contribution in [0.25, 0.3) is 0 Å². The molecule has 0 heterocycles. The van der Waals surface area contributed by atoms with Gasteiger partial charge in [-0.25, -0.2) is 0 Å². The van der Waals surface area contributed by atoms with E-state index in [0.717, 1.165) is 18.8 Å². The number of rotatable bonds is 13. The van der Waals surface area contributed by atoms with E-state index < -0.39 is 5.66 Å². The van der Waals surface area contributed by atoms with Gasteiger partial charge in [-0.2, -0.15) is 10.2 Å². The predicted molar refractivity (Wildman–Crippen MR) is 126 cm³/mol. The van der Waals surface area contributed by atoms with Gasteiger partial charge in [-0.15, -0.1) is 0 Å². The summed E-state index contributed by atoms with van der Waals surface area (Å²) in [5.74, 6) is 0. The van der Waals surface area contributed by atoms with Crippen LogP contribution in [0.3, 0.4) is 0 Å². The molecule has 1 aliphatic carbocycles. The van der Waals surface area contributed by atoms with E-state index in [4.69, 9.17) is 5.73 Å². The van der Waals surface area contributed by atoms with Crippen LogP contribution in [0, 0.1) is 0 Å². The van der Waals surface area contributed by atoms with Gasteiger partial charge in [0.15, 0.2) is 5.66 Å². The number of benzene rings is 1. The summed E-state index contributed by atoms with van der Waals surface area (Å²) < 4.78 is 0. The van der Waals surface area contributed by atoms with Crippen molar-refractivity contribution in [3.05, 3.63) is 48.1 Å². The van der Waals surface area contributed by atoms with E-state index in [1.54, 1.807) is 0 Å². The number of azo groups is 1. The second kappa shape index (κ2) is 12.6. The number of anilines is 1. The minimum Gasteiger partial charge on any atom is -0.372 e. The molecule has 0 amide bonds. The first-order chi connectivity index (χ1) is 14.1. The third kappa shape index (κ3) is 8.53. The van der Waals surface area contributed by atoms with Gasteiger partial charge in [0.25, 0.3) is 0 Å². The summed E-state index contributed by atoms with van der Waals surface area (Å²) >= 11 is 0. The van der Waals surface area contributed by atoms with E-state index in [-0.39, 0.29) is 0 Å². The van der Waals surface area contributed by atoms with Crippen LogP contribution in [0.2, 0.25) is 0 Å². The summed E-state index contributed by atoms with van der Waals surface area (Å²) in [5.41, 5.74) is 8.99. The molecule has 1 aromatic carbocycles. The van der Waals surface area contributed by atoms with Gasteiger partial charge >= 0.3 is 0 Å². The molecule has 0 fully saturated rings. The molecular weight excluding hydrogens is 356 g/mol. The molecule has 0 spiro atoms. The van der Waals surface area contributed by atoms with Crippen molar-refractivity contribution in [2.45, 2.75) is 84.2 Å². The number of nitrogens with two attached hydrogens (primary N) is 1.